The molecule has 2 rings (SSSR count). The number of benzene rings is 1. The predicted molar refractivity (Wildman–Crippen MR) is 111 cm³/mol. The molecule has 0 bridgehead atoms. The number of hydrogen-bond donors (Lipinski definition) is 4. The molecule has 0 aliphatic carbocycles. The minimum Gasteiger partial charge on any atom is -0.481 e. The molecule has 0 saturated heterocycles. The summed E-state index contributed by atoms with van der Waals surface area (Å²) in [6.07, 6.45) is 1.18. The largest absolute Gasteiger partial charge is 0.481 e. The third kappa shape index (κ3) is 5.76. The van der Waals surface area contributed by atoms with E-state index in [0.717, 1.165) is 22.5 Å². The molecule has 2 atom stereocenters. The van der Waals surface area contributed by atoms with Crippen molar-refractivity contribution < 1.29 is 34.5 Å². The van der Waals surface area contributed by atoms with E-state index in [-0.39, 0.29) is 24.5 Å². The Morgan fingerprint density at radius 2 is 1.73 bits per heavy atom. The molecule has 1 heterocycles. The molecule has 0 aliphatic heterocycles. The van der Waals surface area contributed by atoms with Crippen molar-refractivity contribution in [2.75, 3.05) is 5.75 Å². The Bertz CT molecular complexity index is 954. The Balaban J connectivity index is 2.37. The Morgan fingerprint density at radius 3 is 2.30 bits per heavy atom. The molecule has 1 amide bonds. The van der Waals surface area contributed by atoms with Gasteiger partial charge in [0.2, 0.25) is 5.91 Å². The van der Waals surface area contributed by atoms with Gasteiger partial charge in [0.1, 0.15) is 12.1 Å². The maximum Gasteiger partial charge on any atom is 0.327 e. The molecule has 9 nitrogen and oxygen atoms in total. The summed E-state index contributed by atoms with van der Waals surface area (Å²) in [6, 6.07) is 4.86. The van der Waals surface area contributed by atoms with Crippen molar-refractivity contribution in [2.45, 2.75) is 43.8 Å². The van der Waals surface area contributed by atoms with E-state index in [1.165, 1.54) is 4.57 Å². The first-order valence-electron chi connectivity index (χ1n) is 9.32. The lowest BCUT2D eigenvalue weighted by molar-refractivity contribution is -0.142. The Labute approximate surface area is 177 Å². The number of carboxylic acid groups (broad SMARTS) is 3. The van der Waals surface area contributed by atoms with Gasteiger partial charge in [-0.3, -0.25) is 9.59 Å². The second-order valence-electron chi connectivity index (χ2n) is 7.08. The third-order valence-corrected chi connectivity index (χ3v) is 5.69. The molecule has 0 fully saturated rings. The molecule has 1 unspecified atom stereocenters. The summed E-state index contributed by atoms with van der Waals surface area (Å²) in [5.74, 6) is -4.27. The fourth-order valence-corrected chi connectivity index (χ4v) is 4.07. The van der Waals surface area contributed by atoms with Gasteiger partial charge in [0.05, 0.1) is 5.03 Å². The molecule has 4 N–H and O–H groups in total. The molecule has 2 aromatic rings. The van der Waals surface area contributed by atoms with E-state index >= 15 is 0 Å². The van der Waals surface area contributed by atoms with Crippen LogP contribution >= 0.6 is 11.8 Å². The van der Waals surface area contributed by atoms with Crippen molar-refractivity contribution in [3.05, 3.63) is 30.5 Å². The topological polar surface area (TPSA) is 146 Å². The first-order chi connectivity index (χ1) is 14.1. The number of rotatable bonds is 11. The molecule has 0 spiro atoms. The number of aromatic nitrogens is 1. The van der Waals surface area contributed by atoms with Crippen LogP contribution in [0.2, 0.25) is 0 Å². The van der Waals surface area contributed by atoms with Crippen LogP contribution in [-0.4, -0.2) is 55.5 Å². The summed E-state index contributed by atoms with van der Waals surface area (Å²) in [7, 11) is 0. The quantitative estimate of drug-likeness (QED) is 0.393. The fraction of sp³-hybridized carbons (Fsp3) is 0.400. The number of fused-ring (bicyclic) bond motifs is 1. The number of carbonyl (C=O) groups excluding carboxylic acids is 1. The van der Waals surface area contributed by atoms with Crippen LogP contribution < -0.4 is 5.32 Å². The Hall–Kier alpha value is -3.01. The summed E-state index contributed by atoms with van der Waals surface area (Å²) in [5.41, 5.74) is 0. The van der Waals surface area contributed by atoms with Crippen LogP contribution in [0.5, 0.6) is 0 Å². The smallest absolute Gasteiger partial charge is 0.327 e. The van der Waals surface area contributed by atoms with Crippen molar-refractivity contribution in [2.24, 2.45) is 5.92 Å². The van der Waals surface area contributed by atoms with Crippen LogP contribution in [0.3, 0.4) is 0 Å². The van der Waals surface area contributed by atoms with Gasteiger partial charge in [-0.05, 0) is 6.42 Å². The van der Waals surface area contributed by atoms with E-state index < -0.39 is 35.9 Å². The number of amides is 1. The number of carboxylic acids is 3. The summed E-state index contributed by atoms with van der Waals surface area (Å²) in [6.45, 7) is 3.31. The van der Waals surface area contributed by atoms with Crippen LogP contribution in [0.4, 0.5) is 0 Å². The summed E-state index contributed by atoms with van der Waals surface area (Å²) in [5, 5.41) is 32.5. The lowest BCUT2D eigenvalue weighted by Crippen LogP contribution is -2.44. The normalized spacial score (nSPS) is 13.2. The molecular weight excluding hydrogens is 412 g/mol. The van der Waals surface area contributed by atoms with Crippen molar-refractivity contribution in [1.82, 2.24) is 9.88 Å². The van der Waals surface area contributed by atoms with Crippen LogP contribution in [0.15, 0.2) is 35.5 Å². The number of nitrogens with zero attached hydrogens (tertiary/aromatic N) is 1. The first-order valence-corrected chi connectivity index (χ1v) is 10.3. The lowest BCUT2D eigenvalue weighted by atomic mass is 10.1. The van der Waals surface area contributed by atoms with Crippen LogP contribution in [0, 0.1) is 5.92 Å². The second kappa shape index (κ2) is 10.1. The monoisotopic (exact) mass is 436 g/mol. The minimum absolute atomic E-state index is 0.0208. The average Bonchev–Trinajstić information content (AvgIpc) is 3.02. The lowest BCUT2D eigenvalue weighted by Gasteiger charge is -2.19. The van der Waals surface area contributed by atoms with Gasteiger partial charge in [-0.25, -0.2) is 9.59 Å². The standard InChI is InChI=1S/C20H24N2O7S/c1-11(2)17(25)21-14(19(26)27)10-30-18-13-6-4-3-5-12(13)9-22(18)15(20(28)29)7-8-16(23)24/h3-6,9,11,14-15H,7-8,10H2,1-2H3,(H,21,25)(H,23,24)(H,26,27)(H,28,29)/t14-,15?/m0/s1. The Morgan fingerprint density at radius 1 is 1.07 bits per heavy atom. The molecule has 30 heavy (non-hydrogen) atoms. The van der Waals surface area contributed by atoms with Gasteiger partial charge in [0.25, 0.3) is 0 Å². The minimum atomic E-state index is -1.19. The maximum absolute atomic E-state index is 11.9. The van der Waals surface area contributed by atoms with Gasteiger partial charge in [0.15, 0.2) is 0 Å². The predicted octanol–water partition coefficient (Wildman–Crippen LogP) is 2.45. The van der Waals surface area contributed by atoms with Gasteiger partial charge in [-0.1, -0.05) is 38.1 Å². The molecule has 162 valence electrons. The van der Waals surface area contributed by atoms with Crippen molar-refractivity contribution in [1.29, 1.82) is 0 Å². The van der Waals surface area contributed by atoms with Crippen molar-refractivity contribution in [3.63, 3.8) is 0 Å². The van der Waals surface area contributed by atoms with E-state index in [9.17, 15) is 29.4 Å². The molecule has 1 aromatic carbocycles. The molecule has 10 heteroatoms. The van der Waals surface area contributed by atoms with Crippen LogP contribution in [0.25, 0.3) is 10.8 Å². The molecule has 1 aromatic heterocycles. The van der Waals surface area contributed by atoms with Gasteiger partial charge in [0, 0.05) is 35.1 Å². The zero-order valence-electron chi connectivity index (χ0n) is 16.6. The second-order valence-corrected chi connectivity index (χ2v) is 8.09. The Kier molecular flexibility index (Phi) is 7.87. The summed E-state index contributed by atoms with van der Waals surface area (Å²) < 4.78 is 1.48. The van der Waals surface area contributed by atoms with Crippen LogP contribution in [0.1, 0.15) is 32.7 Å². The zero-order valence-corrected chi connectivity index (χ0v) is 17.4. The van der Waals surface area contributed by atoms with Gasteiger partial charge in [-0.2, -0.15) is 0 Å². The zero-order chi connectivity index (χ0) is 22.4. The maximum atomic E-state index is 11.9. The molecular formula is C20H24N2O7S. The van der Waals surface area contributed by atoms with Gasteiger partial charge in [-0.15, -0.1) is 11.8 Å². The number of hydrogen-bond acceptors (Lipinski definition) is 5. The van der Waals surface area contributed by atoms with E-state index in [4.69, 9.17) is 5.11 Å². The highest BCUT2D eigenvalue weighted by molar-refractivity contribution is 7.99. The van der Waals surface area contributed by atoms with E-state index in [1.807, 2.05) is 0 Å². The molecule has 0 saturated carbocycles. The molecule has 0 radical (unpaired) electrons. The number of carbonyl (C=O) groups is 4. The summed E-state index contributed by atoms with van der Waals surface area (Å²) >= 11 is 1.11. The summed E-state index contributed by atoms with van der Waals surface area (Å²) in [4.78, 5) is 46.3. The molecule has 0 aliphatic rings. The van der Waals surface area contributed by atoms with Gasteiger partial charge < -0.3 is 25.2 Å². The SMILES string of the molecule is CC(C)C(=O)N[C@@H](CSc1c2ccccc2cn1C(CCC(=O)O)C(=O)O)C(=O)O. The third-order valence-electron chi connectivity index (χ3n) is 4.48. The highest BCUT2D eigenvalue weighted by Gasteiger charge is 2.27. The van der Waals surface area contributed by atoms with E-state index in [1.54, 1.807) is 44.3 Å². The van der Waals surface area contributed by atoms with Crippen molar-refractivity contribution >= 4 is 46.3 Å². The average molecular weight is 436 g/mol. The number of thioether (sulfide) groups is 1. The van der Waals surface area contributed by atoms with Crippen LogP contribution in [-0.2, 0) is 19.2 Å². The van der Waals surface area contributed by atoms with Crippen molar-refractivity contribution in [3.8, 4) is 0 Å². The highest BCUT2D eigenvalue weighted by Crippen LogP contribution is 2.34. The highest BCUT2D eigenvalue weighted by atomic mass is 32.2. The fourth-order valence-electron chi connectivity index (χ4n) is 2.85. The first kappa shape index (κ1) is 23.3. The number of nitrogens with one attached hydrogen (secondary N) is 1. The van der Waals surface area contributed by atoms with E-state index in [0.29, 0.717) is 5.03 Å². The van der Waals surface area contributed by atoms with E-state index in [2.05, 4.69) is 5.32 Å². The van der Waals surface area contributed by atoms with Gasteiger partial charge >= 0.3 is 17.9 Å². The number of aliphatic carboxylic acids is 3.